The first kappa shape index (κ1) is 13.8. The van der Waals surface area contributed by atoms with Gasteiger partial charge in [-0.05, 0) is 57.5 Å². The smallest absolute Gasteiger partial charge is 0.124 e. The van der Waals surface area contributed by atoms with E-state index in [1.165, 1.54) is 25.0 Å². The molecule has 1 aromatic rings. The van der Waals surface area contributed by atoms with Gasteiger partial charge in [-0.1, -0.05) is 0 Å². The van der Waals surface area contributed by atoms with Crippen LogP contribution in [0.1, 0.15) is 25.3 Å². The largest absolute Gasteiger partial charge is 0.381 e. The van der Waals surface area contributed by atoms with Crippen LogP contribution in [0.4, 0.5) is 10.1 Å². The van der Waals surface area contributed by atoms with Gasteiger partial charge in [-0.2, -0.15) is 5.26 Å². The van der Waals surface area contributed by atoms with Gasteiger partial charge in [0, 0.05) is 12.6 Å². The second kappa shape index (κ2) is 6.03. The molecule has 4 heteroatoms. The molecule has 102 valence electrons. The molecule has 0 amide bonds. The lowest BCUT2D eigenvalue weighted by atomic mass is 9.91. The fourth-order valence-corrected chi connectivity index (χ4v) is 2.71. The molecule has 1 saturated heterocycles. The number of rotatable bonds is 3. The van der Waals surface area contributed by atoms with Gasteiger partial charge < -0.3 is 10.2 Å². The summed E-state index contributed by atoms with van der Waals surface area (Å²) in [4.78, 5) is 2.34. The number of nitrogens with one attached hydrogen (secondary N) is 1. The van der Waals surface area contributed by atoms with Crippen LogP contribution in [0.25, 0.3) is 0 Å². The van der Waals surface area contributed by atoms with Gasteiger partial charge in [-0.25, -0.2) is 4.39 Å². The van der Waals surface area contributed by atoms with Crippen molar-refractivity contribution in [3.8, 4) is 6.07 Å². The Balaban J connectivity index is 2.06. The molecule has 0 radical (unpaired) electrons. The summed E-state index contributed by atoms with van der Waals surface area (Å²) in [6.45, 7) is 4.36. The van der Waals surface area contributed by atoms with Crippen molar-refractivity contribution in [1.29, 1.82) is 5.26 Å². The molecule has 2 rings (SSSR count). The van der Waals surface area contributed by atoms with Crippen LogP contribution in [0.2, 0.25) is 0 Å². The number of nitriles is 1. The average Bonchev–Trinajstić information content (AvgIpc) is 2.40. The van der Waals surface area contributed by atoms with E-state index in [-0.39, 0.29) is 11.9 Å². The molecule has 2 atom stereocenters. The van der Waals surface area contributed by atoms with E-state index < -0.39 is 0 Å². The number of benzene rings is 1. The molecule has 0 aliphatic carbocycles. The van der Waals surface area contributed by atoms with Gasteiger partial charge in [0.25, 0.3) is 0 Å². The summed E-state index contributed by atoms with van der Waals surface area (Å²) in [5.41, 5.74) is 1.10. The number of hydrogen-bond acceptors (Lipinski definition) is 3. The number of hydrogen-bond donors (Lipinski definition) is 1. The highest BCUT2D eigenvalue weighted by Crippen LogP contribution is 2.23. The fraction of sp³-hybridized carbons (Fsp3) is 0.533. The van der Waals surface area contributed by atoms with Crippen LogP contribution < -0.4 is 5.32 Å². The molecule has 19 heavy (non-hydrogen) atoms. The van der Waals surface area contributed by atoms with Crippen molar-refractivity contribution in [3.05, 3.63) is 29.6 Å². The molecule has 1 N–H and O–H groups in total. The van der Waals surface area contributed by atoms with Crippen LogP contribution in [0, 0.1) is 23.1 Å². The number of nitrogens with zero attached hydrogens (tertiary/aromatic N) is 2. The quantitative estimate of drug-likeness (QED) is 0.909. The van der Waals surface area contributed by atoms with Crippen molar-refractivity contribution < 1.29 is 4.39 Å². The summed E-state index contributed by atoms with van der Waals surface area (Å²) in [5.74, 6) is 0.197. The molecule has 3 nitrogen and oxygen atoms in total. The van der Waals surface area contributed by atoms with E-state index in [9.17, 15) is 4.39 Å². The SMILES string of the molecule is CC(Nc1ccc(F)cc1C#N)C1CCCN(C)C1. The lowest BCUT2D eigenvalue weighted by Crippen LogP contribution is -2.39. The lowest BCUT2D eigenvalue weighted by molar-refractivity contribution is 0.197. The van der Waals surface area contributed by atoms with Gasteiger partial charge in [0.2, 0.25) is 0 Å². The van der Waals surface area contributed by atoms with Crippen LogP contribution in [0.5, 0.6) is 0 Å². The zero-order valence-electron chi connectivity index (χ0n) is 11.5. The summed E-state index contributed by atoms with van der Waals surface area (Å²) >= 11 is 0. The zero-order valence-corrected chi connectivity index (χ0v) is 11.5. The van der Waals surface area contributed by atoms with Gasteiger partial charge in [0.05, 0.1) is 11.3 Å². The Kier molecular flexibility index (Phi) is 4.39. The molecule has 0 aromatic heterocycles. The van der Waals surface area contributed by atoms with E-state index in [2.05, 4.69) is 24.2 Å². The third-order valence-corrected chi connectivity index (χ3v) is 3.85. The molecule has 2 unspecified atom stereocenters. The van der Waals surface area contributed by atoms with Crippen molar-refractivity contribution in [3.63, 3.8) is 0 Å². The molecule has 0 saturated carbocycles. The Morgan fingerprint density at radius 2 is 2.32 bits per heavy atom. The summed E-state index contributed by atoms with van der Waals surface area (Å²) in [6, 6.07) is 6.64. The molecule has 0 bridgehead atoms. The van der Waals surface area contributed by atoms with E-state index in [1.54, 1.807) is 6.07 Å². The minimum absolute atomic E-state index is 0.278. The highest BCUT2D eigenvalue weighted by atomic mass is 19.1. The average molecular weight is 261 g/mol. The lowest BCUT2D eigenvalue weighted by Gasteiger charge is -2.34. The second-order valence-electron chi connectivity index (χ2n) is 5.40. The van der Waals surface area contributed by atoms with E-state index >= 15 is 0 Å². The van der Waals surface area contributed by atoms with Gasteiger partial charge in [-0.3, -0.25) is 0 Å². The highest BCUT2D eigenvalue weighted by Gasteiger charge is 2.23. The van der Waals surface area contributed by atoms with Crippen LogP contribution in [-0.4, -0.2) is 31.1 Å². The summed E-state index contributed by atoms with van der Waals surface area (Å²) in [6.07, 6.45) is 2.41. The minimum atomic E-state index is -0.368. The van der Waals surface area contributed by atoms with Crippen molar-refractivity contribution >= 4 is 5.69 Å². The molecule has 1 aliphatic rings. The number of piperidine rings is 1. The number of likely N-dealkylation sites (tertiary alicyclic amines) is 1. The first-order chi connectivity index (χ1) is 9.10. The third-order valence-electron chi connectivity index (χ3n) is 3.85. The van der Waals surface area contributed by atoms with Gasteiger partial charge >= 0.3 is 0 Å². The highest BCUT2D eigenvalue weighted by molar-refractivity contribution is 5.57. The molecular formula is C15H20FN3. The predicted molar refractivity (Wildman–Crippen MR) is 74.4 cm³/mol. The molecule has 0 spiro atoms. The maximum Gasteiger partial charge on any atom is 0.124 e. The van der Waals surface area contributed by atoms with E-state index in [0.29, 0.717) is 11.5 Å². The Hall–Kier alpha value is -1.60. The molecule has 1 heterocycles. The molecular weight excluding hydrogens is 241 g/mol. The van der Waals surface area contributed by atoms with Crippen LogP contribution >= 0.6 is 0 Å². The van der Waals surface area contributed by atoms with E-state index in [1.807, 2.05) is 6.07 Å². The minimum Gasteiger partial charge on any atom is -0.381 e. The summed E-state index contributed by atoms with van der Waals surface area (Å²) in [7, 11) is 2.14. The first-order valence-electron chi connectivity index (χ1n) is 6.75. The summed E-state index contributed by atoms with van der Waals surface area (Å²) < 4.78 is 13.1. The maximum absolute atomic E-state index is 13.1. The van der Waals surface area contributed by atoms with Crippen molar-refractivity contribution in [2.24, 2.45) is 5.92 Å². The van der Waals surface area contributed by atoms with Crippen molar-refractivity contribution in [2.45, 2.75) is 25.8 Å². The fourth-order valence-electron chi connectivity index (χ4n) is 2.71. The van der Waals surface area contributed by atoms with Gasteiger partial charge in [-0.15, -0.1) is 0 Å². The van der Waals surface area contributed by atoms with Crippen LogP contribution in [-0.2, 0) is 0 Å². The first-order valence-corrected chi connectivity index (χ1v) is 6.75. The van der Waals surface area contributed by atoms with Crippen molar-refractivity contribution in [1.82, 2.24) is 4.90 Å². The number of anilines is 1. The normalized spacial score (nSPS) is 21.7. The maximum atomic E-state index is 13.1. The van der Waals surface area contributed by atoms with Gasteiger partial charge in [0.15, 0.2) is 0 Å². The van der Waals surface area contributed by atoms with Gasteiger partial charge in [0.1, 0.15) is 11.9 Å². The number of halogens is 1. The Morgan fingerprint density at radius 3 is 3.00 bits per heavy atom. The third kappa shape index (κ3) is 3.45. The van der Waals surface area contributed by atoms with Crippen LogP contribution in [0.15, 0.2) is 18.2 Å². The Bertz CT molecular complexity index is 481. The summed E-state index contributed by atoms with van der Waals surface area (Å²) in [5, 5.41) is 12.4. The molecule has 1 fully saturated rings. The van der Waals surface area contributed by atoms with E-state index in [4.69, 9.17) is 5.26 Å². The van der Waals surface area contributed by atoms with E-state index in [0.717, 1.165) is 18.8 Å². The second-order valence-corrected chi connectivity index (χ2v) is 5.40. The predicted octanol–water partition coefficient (Wildman–Crippen LogP) is 2.84. The Labute approximate surface area is 114 Å². The molecule has 1 aromatic carbocycles. The van der Waals surface area contributed by atoms with Crippen LogP contribution in [0.3, 0.4) is 0 Å². The topological polar surface area (TPSA) is 39.1 Å². The zero-order chi connectivity index (χ0) is 13.8. The monoisotopic (exact) mass is 261 g/mol. The van der Waals surface area contributed by atoms with Crippen molar-refractivity contribution in [2.75, 3.05) is 25.5 Å². The molecule has 1 aliphatic heterocycles. The standard InChI is InChI=1S/C15H20FN3/c1-11(12-4-3-7-19(2)10-12)18-15-6-5-14(16)8-13(15)9-17/h5-6,8,11-12,18H,3-4,7,10H2,1-2H3. The Morgan fingerprint density at radius 1 is 1.53 bits per heavy atom.